The molecule has 0 aliphatic heterocycles. The van der Waals surface area contributed by atoms with Crippen molar-refractivity contribution in [3.63, 3.8) is 0 Å². The zero-order valence-corrected chi connectivity index (χ0v) is 14.1. The molecule has 0 radical (unpaired) electrons. The van der Waals surface area contributed by atoms with E-state index in [0.717, 1.165) is 5.56 Å². The number of Topliss-reactive ketones (excluding diaryl/α,β-unsaturated/α-hetero) is 1. The van der Waals surface area contributed by atoms with Crippen LogP contribution in [0, 0.1) is 0 Å². The van der Waals surface area contributed by atoms with Crippen LogP contribution >= 0.6 is 0 Å². The molecule has 3 aromatic heterocycles. The number of hydrogen-bond acceptors (Lipinski definition) is 6. The van der Waals surface area contributed by atoms with E-state index in [9.17, 15) is 14.4 Å². The van der Waals surface area contributed by atoms with Crippen LogP contribution in [0.5, 0.6) is 0 Å². The van der Waals surface area contributed by atoms with Crippen LogP contribution in [0.1, 0.15) is 15.9 Å². The highest BCUT2D eigenvalue weighted by atomic mass is 16.2. The summed E-state index contributed by atoms with van der Waals surface area (Å²) in [5, 5.41) is 9.16. The fraction of sp³-hybridized carbons (Fsp3) is 0.111. The fourth-order valence-electron chi connectivity index (χ4n) is 2.54. The van der Waals surface area contributed by atoms with E-state index in [1.54, 1.807) is 48.9 Å². The lowest BCUT2D eigenvalue weighted by Gasteiger charge is -2.16. The van der Waals surface area contributed by atoms with Crippen molar-refractivity contribution < 1.29 is 14.4 Å². The third-order valence-corrected chi connectivity index (χ3v) is 3.86. The van der Waals surface area contributed by atoms with E-state index >= 15 is 0 Å². The van der Waals surface area contributed by atoms with E-state index in [-0.39, 0.29) is 12.0 Å². The van der Waals surface area contributed by atoms with Crippen molar-refractivity contribution in [3.8, 4) is 11.4 Å². The molecule has 27 heavy (non-hydrogen) atoms. The monoisotopic (exact) mass is 364 g/mol. The van der Waals surface area contributed by atoms with Gasteiger partial charge < -0.3 is 11.1 Å². The Morgan fingerprint density at radius 3 is 2.56 bits per heavy atom. The molecule has 9 nitrogen and oxygen atoms in total. The summed E-state index contributed by atoms with van der Waals surface area (Å²) in [6, 6.07) is 7.50. The first kappa shape index (κ1) is 17.9. The SMILES string of the molecule is NC(=O)C(=O)C(Cc1ccncc1)NC(=O)c1cn[nH]c1-c1ccccn1. The molecule has 1 unspecified atom stereocenters. The minimum atomic E-state index is -1.12. The molecule has 0 bridgehead atoms. The van der Waals surface area contributed by atoms with Crippen molar-refractivity contribution in [1.29, 1.82) is 0 Å². The molecular formula is C18H16N6O3. The normalized spacial score (nSPS) is 11.6. The van der Waals surface area contributed by atoms with Crippen molar-refractivity contribution in [2.75, 3.05) is 0 Å². The molecule has 3 aromatic rings. The minimum absolute atomic E-state index is 0.104. The molecule has 0 saturated carbocycles. The summed E-state index contributed by atoms with van der Waals surface area (Å²) in [5.74, 6) is -2.58. The van der Waals surface area contributed by atoms with Crippen LogP contribution in [0.25, 0.3) is 11.4 Å². The van der Waals surface area contributed by atoms with Gasteiger partial charge in [-0.3, -0.25) is 29.5 Å². The lowest BCUT2D eigenvalue weighted by Crippen LogP contribution is -2.47. The molecule has 0 saturated heterocycles. The van der Waals surface area contributed by atoms with Crippen molar-refractivity contribution in [2.45, 2.75) is 12.5 Å². The number of carbonyl (C=O) groups excluding carboxylic acids is 3. The van der Waals surface area contributed by atoms with Gasteiger partial charge >= 0.3 is 0 Å². The molecular weight excluding hydrogens is 348 g/mol. The number of aromatic nitrogens is 4. The molecule has 2 amide bonds. The number of carbonyl (C=O) groups is 3. The van der Waals surface area contributed by atoms with E-state index in [4.69, 9.17) is 5.73 Å². The van der Waals surface area contributed by atoms with Crippen molar-refractivity contribution in [3.05, 3.63) is 66.2 Å². The average Bonchev–Trinajstić information content (AvgIpc) is 3.18. The van der Waals surface area contributed by atoms with E-state index < -0.39 is 23.6 Å². The number of primary amides is 1. The minimum Gasteiger partial charge on any atom is -0.363 e. The molecule has 0 spiro atoms. The highest BCUT2D eigenvalue weighted by Crippen LogP contribution is 2.18. The van der Waals surface area contributed by atoms with Gasteiger partial charge in [-0.05, 0) is 29.8 Å². The number of H-pyrrole nitrogens is 1. The van der Waals surface area contributed by atoms with Gasteiger partial charge in [-0.15, -0.1) is 0 Å². The standard InChI is InChI=1S/C18H16N6O3/c19-17(26)16(25)14(9-11-4-7-20-8-5-11)23-18(27)12-10-22-24-15(12)13-3-1-2-6-21-13/h1-8,10,14H,9H2,(H2,19,26)(H,22,24)(H,23,27). The molecule has 0 aliphatic rings. The molecule has 4 N–H and O–H groups in total. The summed E-state index contributed by atoms with van der Waals surface area (Å²) in [7, 11) is 0. The Hall–Kier alpha value is -3.88. The maximum Gasteiger partial charge on any atom is 0.287 e. The fourth-order valence-corrected chi connectivity index (χ4v) is 2.54. The lowest BCUT2D eigenvalue weighted by molar-refractivity contribution is -0.137. The van der Waals surface area contributed by atoms with Crippen LogP contribution in [-0.2, 0) is 16.0 Å². The van der Waals surface area contributed by atoms with Gasteiger partial charge in [0.05, 0.1) is 23.1 Å². The Morgan fingerprint density at radius 1 is 1.11 bits per heavy atom. The summed E-state index contributed by atoms with van der Waals surface area (Å²) in [6.45, 7) is 0. The largest absolute Gasteiger partial charge is 0.363 e. The predicted molar refractivity (Wildman–Crippen MR) is 95.2 cm³/mol. The zero-order chi connectivity index (χ0) is 19.2. The smallest absolute Gasteiger partial charge is 0.287 e. The summed E-state index contributed by atoms with van der Waals surface area (Å²) in [6.07, 6.45) is 6.13. The Kier molecular flexibility index (Phi) is 5.31. The second kappa shape index (κ2) is 8.00. The highest BCUT2D eigenvalue weighted by molar-refractivity contribution is 6.38. The van der Waals surface area contributed by atoms with Gasteiger partial charge in [0, 0.05) is 25.0 Å². The molecule has 0 aliphatic carbocycles. The van der Waals surface area contributed by atoms with E-state index in [1.165, 1.54) is 6.20 Å². The van der Waals surface area contributed by atoms with Crippen molar-refractivity contribution in [1.82, 2.24) is 25.5 Å². The number of nitrogens with zero attached hydrogens (tertiary/aromatic N) is 3. The Labute approximate surface area is 154 Å². The van der Waals surface area contributed by atoms with Crippen LogP contribution in [0.15, 0.2) is 55.1 Å². The number of pyridine rings is 2. The average molecular weight is 364 g/mol. The van der Waals surface area contributed by atoms with Gasteiger partial charge in [0.1, 0.15) is 6.04 Å². The highest BCUT2D eigenvalue weighted by Gasteiger charge is 2.27. The molecule has 0 fully saturated rings. The van der Waals surface area contributed by atoms with Gasteiger partial charge in [0.15, 0.2) is 0 Å². The number of hydrogen-bond donors (Lipinski definition) is 3. The Bertz CT molecular complexity index is 955. The molecule has 9 heteroatoms. The second-order valence-corrected chi connectivity index (χ2v) is 5.69. The number of nitrogens with one attached hydrogen (secondary N) is 2. The van der Waals surface area contributed by atoms with E-state index in [2.05, 4.69) is 25.5 Å². The first-order valence-corrected chi connectivity index (χ1v) is 8.04. The topological polar surface area (TPSA) is 144 Å². The summed E-state index contributed by atoms with van der Waals surface area (Å²) >= 11 is 0. The van der Waals surface area contributed by atoms with Gasteiger partial charge in [0.2, 0.25) is 5.78 Å². The number of aromatic amines is 1. The van der Waals surface area contributed by atoms with E-state index in [0.29, 0.717) is 11.4 Å². The van der Waals surface area contributed by atoms with Crippen LogP contribution in [0.4, 0.5) is 0 Å². The van der Waals surface area contributed by atoms with Gasteiger partial charge in [-0.25, -0.2) is 0 Å². The quantitative estimate of drug-likeness (QED) is 0.513. The molecule has 3 heterocycles. The summed E-state index contributed by atoms with van der Waals surface area (Å²) < 4.78 is 0. The van der Waals surface area contributed by atoms with Crippen molar-refractivity contribution >= 4 is 17.6 Å². The molecule has 3 rings (SSSR count). The van der Waals surface area contributed by atoms with Crippen LogP contribution < -0.4 is 11.1 Å². The number of ketones is 1. The number of amides is 2. The van der Waals surface area contributed by atoms with Crippen molar-refractivity contribution in [2.24, 2.45) is 5.73 Å². The predicted octanol–water partition coefficient (Wildman–Crippen LogP) is 0.262. The van der Waals surface area contributed by atoms with Crippen LogP contribution in [0.3, 0.4) is 0 Å². The molecule has 1 atom stereocenters. The zero-order valence-electron chi connectivity index (χ0n) is 14.1. The molecule has 0 aromatic carbocycles. The number of nitrogens with two attached hydrogens (primary N) is 1. The van der Waals surface area contributed by atoms with Gasteiger partial charge in [0.25, 0.3) is 11.8 Å². The number of rotatable bonds is 7. The summed E-state index contributed by atoms with van der Waals surface area (Å²) in [5.41, 5.74) is 6.97. The van der Waals surface area contributed by atoms with Gasteiger partial charge in [-0.2, -0.15) is 5.10 Å². The van der Waals surface area contributed by atoms with E-state index in [1.807, 2.05) is 0 Å². The maximum atomic E-state index is 12.7. The Morgan fingerprint density at radius 2 is 1.89 bits per heavy atom. The first-order valence-electron chi connectivity index (χ1n) is 8.04. The van der Waals surface area contributed by atoms with Crippen LogP contribution in [0.2, 0.25) is 0 Å². The van der Waals surface area contributed by atoms with Crippen LogP contribution in [-0.4, -0.2) is 43.8 Å². The Balaban J connectivity index is 1.84. The maximum absolute atomic E-state index is 12.7. The second-order valence-electron chi connectivity index (χ2n) is 5.69. The third kappa shape index (κ3) is 4.21. The lowest BCUT2D eigenvalue weighted by atomic mass is 10.0. The summed E-state index contributed by atoms with van der Waals surface area (Å²) in [4.78, 5) is 44.3. The molecule has 136 valence electrons. The third-order valence-electron chi connectivity index (χ3n) is 3.86. The van der Waals surface area contributed by atoms with Gasteiger partial charge in [-0.1, -0.05) is 6.07 Å². The first-order chi connectivity index (χ1) is 13.1.